The van der Waals surface area contributed by atoms with Crippen molar-refractivity contribution < 1.29 is 14.3 Å². The Morgan fingerprint density at radius 1 is 1.36 bits per heavy atom. The Morgan fingerprint density at radius 2 is 2.09 bits per heavy atom. The third-order valence-corrected chi connectivity index (χ3v) is 3.02. The molecular weight excluding hydrogens is 304 g/mol. The smallest absolute Gasteiger partial charge is 0.260 e. The van der Waals surface area contributed by atoms with Crippen molar-refractivity contribution in [3.63, 3.8) is 0 Å². The Balaban J connectivity index is 0.00000441. The van der Waals surface area contributed by atoms with E-state index in [1.165, 1.54) is 0 Å². The van der Waals surface area contributed by atoms with E-state index in [1.54, 1.807) is 19.1 Å². The molecular formula is C16H25ClN2O3. The van der Waals surface area contributed by atoms with Crippen LogP contribution in [0.25, 0.3) is 6.08 Å². The normalized spacial score (nSPS) is 10.2. The lowest BCUT2D eigenvalue weighted by molar-refractivity contribution is -0.132. The van der Waals surface area contributed by atoms with Crippen LogP contribution in [0.3, 0.4) is 0 Å². The topological polar surface area (TPSA) is 50.8 Å². The van der Waals surface area contributed by atoms with Gasteiger partial charge in [0.25, 0.3) is 5.91 Å². The first-order valence-electron chi connectivity index (χ1n) is 6.94. The Hall–Kier alpha value is -1.72. The predicted octanol–water partition coefficient (Wildman–Crippen LogP) is 2.21. The fourth-order valence-corrected chi connectivity index (χ4v) is 1.75. The minimum absolute atomic E-state index is 0. The van der Waals surface area contributed by atoms with Gasteiger partial charge in [-0.3, -0.25) is 4.79 Å². The highest BCUT2D eigenvalue weighted by atomic mass is 35.5. The lowest BCUT2D eigenvalue weighted by atomic mass is 10.2. The summed E-state index contributed by atoms with van der Waals surface area (Å²) in [6.07, 6.45) is 3.93. The molecule has 0 bridgehead atoms. The second-order valence-corrected chi connectivity index (χ2v) is 4.62. The number of hydrogen-bond acceptors (Lipinski definition) is 4. The summed E-state index contributed by atoms with van der Waals surface area (Å²) >= 11 is 0. The number of hydrogen-bond donors (Lipinski definition) is 1. The maximum atomic E-state index is 11.9. The van der Waals surface area contributed by atoms with Gasteiger partial charge in [0.05, 0.1) is 7.11 Å². The molecule has 0 aliphatic heterocycles. The van der Waals surface area contributed by atoms with Crippen molar-refractivity contribution in [1.29, 1.82) is 0 Å². The molecule has 0 radical (unpaired) electrons. The molecule has 1 aromatic carbocycles. The van der Waals surface area contributed by atoms with E-state index in [4.69, 9.17) is 9.47 Å². The van der Waals surface area contributed by atoms with Crippen LogP contribution in [0.4, 0.5) is 0 Å². The van der Waals surface area contributed by atoms with E-state index in [-0.39, 0.29) is 24.9 Å². The molecule has 1 amide bonds. The van der Waals surface area contributed by atoms with Crippen LogP contribution in [0, 0.1) is 0 Å². The summed E-state index contributed by atoms with van der Waals surface area (Å²) in [6, 6.07) is 5.62. The van der Waals surface area contributed by atoms with E-state index in [0.29, 0.717) is 18.0 Å². The van der Waals surface area contributed by atoms with Crippen molar-refractivity contribution in [3.05, 3.63) is 29.8 Å². The number of likely N-dealkylation sites (N-methyl/N-ethyl adjacent to an activating group) is 2. The van der Waals surface area contributed by atoms with Gasteiger partial charge in [0, 0.05) is 20.1 Å². The number of carbonyl (C=O) groups excluding carboxylic acids is 1. The van der Waals surface area contributed by atoms with E-state index in [0.717, 1.165) is 12.1 Å². The molecule has 6 heteroatoms. The molecule has 0 spiro atoms. The first kappa shape index (κ1) is 20.3. The van der Waals surface area contributed by atoms with Gasteiger partial charge in [-0.2, -0.15) is 0 Å². The monoisotopic (exact) mass is 328 g/mol. The molecule has 124 valence electrons. The Bertz CT molecular complexity index is 492. The van der Waals surface area contributed by atoms with Crippen molar-refractivity contribution in [2.24, 2.45) is 0 Å². The second-order valence-electron chi connectivity index (χ2n) is 4.62. The molecule has 0 aliphatic rings. The number of rotatable bonds is 8. The number of carbonyl (C=O) groups is 1. The van der Waals surface area contributed by atoms with E-state index in [9.17, 15) is 4.79 Å². The third kappa shape index (κ3) is 6.37. The lowest BCUT2D eigenvalue weighted by Crippen LogP contribution is -2.35. The average Bonchev–Trinajstić information content (AvgIpc) is 2.51. The van der Waals surface area contributed by atoms with E-state index in [1.807, 2.05) is 44.3 Å². The van der Waals surface area contributed by atoms with Crippen LogP contribution in [-0.2, 0) is 4.79 Å². The Kier molecular flexibility index (Phi) is 10.1. The van der Waals surface area contributed by atoms with Gasteiger partial charge in [-0.15, -0.1) is 12.4 Å². The molecule has 0 aliphatic carbocycles. The van der Waals surface area contributed by atoms with E-state index < -0.39 is 0 Å². The van der Waals surface area contributed by atoms with Crippen LogP contribution >= 0.6 is 12.4 Å². The standard InChI is InChI=1S/C16H24N2O3.ClH/c1-5-6-13-7-8-14(15(11-13)20-4)21-12-16(19)18(3)10-9-17-2;/h5-8,11,17H,9-10,12H2,1-4H3;1H/b6-5+;. The molecule has 0 saturated carbocycles. The maximum absolute atomic E-state index is 11.9. The summed E-state index contributed by atoms with van der Waals surface area (Å²) in [7, 11) is 5.20. The number of nitrogens with zero attached hydrogens (tertiary/aromatic N) is 1. The molecule has 0 aromatic heterocycles. The Labute approximate surface area is 138 Å². The van der Waals surface area contributed by atoms with Gasteiger partial charge in [-0.25, -0.2) is 0 Å². The van der Waals surface area contributed by atoms with Crippen LogP contribution < -0.4 is 14.8 Å². The molecule has 0 fully saturated rings. The zero-order chi connectivity index (χ0) is 15.7. The van der Waals surface area contributed by atoms with Crippen molar-refractivity contribution in [2.45, 2.75) is 6.92 Å². The van der Waals surface area contributed by atoms with Gasteiger partial charge in [0.2, 0.25) is 0 Å². The Morgan fingerprint density at radius 3 is 2.68 bits per heavy atom. The van der Waals surface area contributed by atoms with Crippen molar-refractivity contribution in [3.8, 4) is 11.5 Å². The molecule has 1 aromatic rings. The molecule has 0 saturated heterocycles. The van der Waals surface area contributed by atoms with Gasteiger partial charge in [-0.05, 0) is 31.7 Å². The molecule has 0 heterocycles. The van der Waals surface area contributed by atoms with Crippen molar-refractivity contribution in [2.75, 3.05) is 40.9 Å². The number of amides is 1. The summed E-state index contributed by atoms with van der Waals surface area (Å²) in [5.74, 6) is 1.13. The van der Waals surface area contributed by atoms with Gasteiger partial charge in [-0.1, -0.05) is 18.2 Å². The van der Waals surface area contributed by atoms with Crippen molar-refractivity contribution >= 4 is 24.4 Å². The van der Waals surface area contributed by atoms with Crippen LogP contribution in [-0.4, -0.2) is 51.7 Å². The first-order valence-corrected chi connectivity index (χ1v) is 6.94. The number of nitrogens with one attached hydrogen (secondary N) is 1. The molecule has 22 heavy (non-hydrogen) atoms. The summed E-state index contributed by atoms with van der Waals surface area (Å²) in [6.45, 7) is 3.36. The third-order valence-electron chi connectivity index (χ3n) is 3.02. The van der Waals surface area contributed by atoms with E-state index in [2.05, 4.69) is 5.32 Å². The minimum Gasteiger partial charge on any atom is -0.493 e. The fraction of sp³-hybridized carbons (Fsp3) is 0.438. The number of halogens is 1. The molecule has 0 atom stereocenters. The highest BCUT2D eigenvalue weighted by molar-refractivity contribution is 5.85. The molecule has 5 nitrogen and oxygen atoms in total. The molecule has 1 N–H and O–H groups in total. The zero-order valence-electron chi connectivity index (χ0n) is 13.6. The highest BCUT2D eigenvalue weighted by Gasteiger charge is 2.11. The van der Waals surface area contributed by atoms with E-state index >= 15 is 0 Å². The van der Waals surface area contributed by atoms with Gasteiger partial charge in [0.15, 0.2) is 18.1 Å². The SMILES string of the molecule is C/C=C/c1ccc(OCC(=O)N(C)CCNC)c(OC)c1.Cl. The second kappa shape index (κ2) is 10.9. The molecule has 0 unspecified atom stereocenters. The highest BCUT2D eigenvalue weighted by Crippen LogP contribution is 2.28. The number of allylic oxidation sites excluding steroid dienone is 1. The maximum Gasteiger partial charge on any atom is 0.260 e. The van der Waals surface area contributed by atoms with Crippen LogP contribution in [0.5, 0.6) is 11.5 Å². The quantitative estimate of drug-likeness (QED) is 0.795. The van der Waals surface area contributed by atoms with Crippen molar-refractivity contribution in [1.82, 2.24) is 10.2 Å². The zero-order valence-corrected chi connectivity index (χ0v) is 14.4. The number of methoxy groups -OCH3 is 1. The summed E-state index contributed by atoms with van der Waals surface area (Å²) in [5, 5.41) is 3.00. The van der Waals surface area contributed by atoms with Gasteiger partial charge >= 0.3 is 0 Å². The van der Waals surface area contributed by atoms with Gasteiger partial charge < -0.3 is 19.7 Å². The summed E-state index contributed by atoms with van der Waals surface area (Å²) in [4.78, 5) is 13.5. The van der Waals surface area contributed by atoms with Crippen LogP contribution in [0.2, 0.25) is 0 Å². The number of ether oxygens (including phenoxy) is 2. The summed E-state index contributed by atoms with van der Waals surface area (Å²) in [5.41, 5.74) is 1.03. The van der Waals surface area contributed by atoms with Crippen LogP contribution in [0.15, 0.2) is 24.3 Å². The number of benzene rings is 1. The summed E-state index contributed by atoms with van der Waals surface area (Å²) < 4.78 is 10.9. The van der Waals surface area contributed by atoms with Crippen LogP contribution in [0.1, 0.15) is 12.5 Å². The fourth-order valence-electron chi connectivity index (χ4n) is 1.75. The average molecular weight is 329 g/mol. The lowest BCUT2D eigenvalue weighted by Gasteiger charge is -2.18. The predicted molar refractivity (Wildman–Crippen MR) is 92.0 cm³/mol. The minimum atomic E-state index is -0.0650. The largest absolute Gasteiger partial charge is 0.493 e. The van der Waals surface area contributed by atoms with Gasteiger partial charge in [0.1, 0.15) is 0 Å². The first-order chi connectivity index (χ1) is 10.1. The molecule has 1 rings (SSSR count).